The molecule has 0 aliphatic heterocycles. The van der Waals surface area contributed by atoms with Gasteiger partial charge in [-0.1, -0.05) is 22.6 Å². The molecule has 0 amide bonds. The molecule has 0 unspecified atom stereocenters. The van der Waals surface area contributed by atoms with Crippen molar-refractivity contribution in [2.75, 3.05) is 35.2 Å². The number of anilines is 2. The van der Waals surface area contributed by atoms with Crippen molar-refractivity contribution in [2.45, 2.75) is 22.9 Å². The summed E-state index contributed by atoms with van der Waals surface area (Å²) >= 11 is 2.15. The number of alkyl halides is 1. The van der Waals surface area contributed by atoms with Crippen molar-refractivity contribution in [2.24, 2.45) is 0 Å². The van der Waals surface area contributed by atoms with E-state index in [1.807, 2.05) is 29.2 Å². The molecule has 268 valence electrons. The fraction of sp³-hybridized carbons (Fsp3) is 0.176. The third kappa shape index (κ3) is 10.7. The standard InChI is InChI=1S/C17H18N4O3S.C16H16N4O3S.CH3I/c1-20(25(22,23)16-5-3-15(24-2)4-6-16)17-9-12-21(19-17)13-14-7-10-18-11-8-14;1-23-14-2-4-15(5-3-14)24(21,22)19-16-8-11-20(18-16)12-13-6-9-17-10-7-13;1-2/h3-12H,13H2,1-2H3;2-11H,12H2,1H3,(H,18,19);1H3. The van der Waals surface area contributed by atoms with Crippen LogP contribution in [0.2, 0.25) is 0 Å². The van der Waals surface area contributed by atoms with Crippen LogP contribution in [0.15, 0.2) is 132 Å². The number of benzene rings is 2. The zero-order valence-electron chi connectivity index (χ0n) is 28.2. The molecule has 17 heteroatoms. The highest BCUT2D eigenvalue weighted by molar-refractivity contribution is 14.1. The summed E-state index contributed by atoms with van der Waals surface area (Å²) in [6, 6.07) is 23.2. The fourth-order valence-electron chi connectivity index (χ4n) is 4.44. The minimum atomic E-state index is -3.69. The number of pyridine rings is 2. The van der Waals surface area contributed by atoms with Crippen LogP contribution in [0.5, 0.6) is 11.5 Å². The van der Waals surface area contributed by atoms with Gasteiger partial charge in [0.15, 0.2) is 11.6 Å². The first-order valence-electron chi connectivity index (χ1n) is 15.1. The Hall–Kier alpha value is -5.01. The lowest BCUT2D eigenvalue weighted by Gasteiger charge is -2.17. The maximum Gasteiger partial charge on any atom is 0.265 e. The van der Waals surface area contributed by atoms with Gasteiger partial charge in [-0.3, -0.25) is 28.4 Å². The summed E-state index contributed by atoms with van der Waals surface area (Å²) in [7, 11) is -2.83. The van der Waals surface area contributed by atoms with Crippen LogP contribution in [-0.2, 0) is 33.1 Å². The van der Waals surface area contributed by atoms with Crippen molar-refractivity contribution >= 4 is 54.3 Å². The lowest BCUT2D eigenvalue weighted by molar-refractivity contribution is 0.414. The Kier molecular flexibility index (Phi) is 13.9. The lowest BCUT2D eigenvalue weighted by atomic mass is 10.3. The number of methoxy groups -OCH3 is 2. The summed E-state index contributed by atoms with van der Waals surface area (Å²) in [6.07, 6.45) is 10.3. The second-order valence-electron chi connectivity index (χ2n) is 10.4. The van der Waals surface area contributed by atoms with E-state index in [2.05, 4.69) is 47.5 Å². The van der Waals surface area contributed by atoms with Gasteiger partial charge in [0.25, 0.3) is 20.0 Å². The molecule has 0 saturated carbocycles. The number of halogens is 1. The SMILES string of the molecule is CI.COc1ccc(S(=O)(=O)N(C)c2ccn(Cc3ccncc3)n2)cc1.COc1ccc(S(=O)(=O)Nc2ccn(Cc3ccncc3)n2)cc1. The van der Waals surface area contributed by atoms with Crippen molar-refractivity contribution in [3.8, 4) is 11.5 Å². The predicted octanol–water partition coefficient (Wildman–Crippen LogP) is 5.35. The largest absolute Gasteiger partial charge is 0.497 e. The summed E-state index contributed by atoms with van der Waals surface area (Å²) < 4.78 is 67.2. The first-order valence-corrected chi connectivity index (χ1v) is 20.2. The first-order chi connectivity index (χ1) is 24.6. The summed E-state index contributed by atoms with van der Waals surface area (Å²) in [4.78, 5) is 10.2. The molecule has 51 heavy (non-hydrogen) atoms. The van der Waals surface area contributed by atoms with Crippen molar-refractivity contribution in [3.63, 3.8) is 0 Å². The zero-order valence-corrected chi connectivity index (χ0v) is 32.0. The van der Waals surface area contributed by atoms with Gasteiger partial charge in [0.05, 0.1) is 37.1 Å². The third-order valence-corrected chi connectivity index (χ3v) is 10.3. The summed E-state index contributed by atoms with van der Waals surface area (Å²) in [5.74, 6) is 1.81. The average Bonchev–Trinajstić information content (AvgIpc) is 3.82. The second kappa shape index (κ2) is 18.3. The summed E-state index contributed by atoms with van der Waals surface area (Å²) in [5.41, 5.74) is 2.06. The van der Waals surface area contributed by atoms with E-state index in [1.165, 1.54) is 45.5 Å². The molecule has 14 nitrogen and oxygen atoms in total. The molecule has 1 N–H and O–H groups in total. The molecular weight excluding hydrogens is 807 g/mol. The average molecular weight is 845 g/mol. The van der Waals surface area contributed by atoms with Gasteiger partial charge in [0, 0.05) is 56.4 Å². The molecule has 4 aromatic heterocycles. The van der Waals surface area contributed by atoms with Crippen LogP contribution in [0.1, 0.15) is 11.1 Å². The number of ether oxygens (including phenoxy) is 2. The third-order valence-electron chi connectivity index (χ3n) is 7.10. The number of nitrogens with zero attached hydrogens (tertiary/aromatic N) is 7. The van der Waals surface area contributed by atoms with Gasteiger partial charge in [-0.2, -0.15) is 10.2 Å². The quantitative estimate of drug-likeness (QED) is 0.126. The van der Waals surface area contributed by atoms with E-state index in [0.717, 1.165) is 15.4 Å². The highest BCUT2D eigenvalue weighted by Crippen LogP contribution is 2.23. The van der Waals surface area contributed by atoms with Crippen LogP contribution < -0.4 is 18.5 Å². The van der Waals surface area contributed by atoms with Crippen molar-refractivity contribution in [3.05, 3.63) is 133 Å². The van der Waals surface area contributed by atoms with E-state index in [-0.39, 0.29) is 15.6 Å². The van der Waals surface area contributed by atoms with Gasteiger partial charge in [-0.15, -0.1) is 0 Å². The maximum atomic E-state index is 12.7. The Morgan fingerprint density at radius 3 is 1.59 bits per heavy atom. The van der Waals surface area contributed by atoms with Crippen LogP contribution in [-0.4, -0.2) is 72.6 Å². The molecule has 4 heterocycles. The molecule has 0 aliphatic rings. The maximum absolute atomic E-state index is 12.7. The Bertz CT molecular complexity index is 2170. The second-order valence-corrected chi connectivity index (χ2v) is 14.1. The molecule has 6 aromatic rings. The minimum absolute atomic E-state index is 0.145. The number of rotatable bonds is 12. The van der Waals surface area contributed by atoms with Gasteiger partial charge in [0.2, 0.25) is 0 Å². The van der Waals surface area contributed by atoms with Crippen LogP contribution in [0.25, 0.3) is 0 Å². The molecule has 0 aliphatic carbocycles. The normalized spacial score (nSPS) is 10.9. The van der Waals surface area contributed by atoms with Crippen LogP contribution in [0, 0.1) is 0 Å². The smallest absolute Gasteiger partial charge is 0.265 e. The van der Waals surface area contributed by atoms with Gasteiger partial charge in [-0.25, -0.2) is 16.8 Å². The van der Waals surface area contributed by atoms with Crippen LogP contribution in [0.3, 0.4) is 0 Å². The van der Waals surface area contributed by atoms with E-state index in [9.17, 15) is 16.8 Å². The highest BCUT2D eigenvalue weighted by Gasteiger charge is 2.23. The molecular formula is C34H37IN8O6S2. The molecule has 0 spiro atoms. The van der Waals surface area contributed by atoms with Crippen molar-refractivity contribution in [1.82, 2.24) is 29.5 Å². The Morgan fingerprint density at radius 1 is 0.647 bits per heavy atom. The summed E-state index contributed by atoms with van der Waals surface area (Å²) in [5, 5.41) is 8.58. The van der Waals surface area contributed by atoms with E-state index in [1.54, 1.807) is 82.9 Å². The topological polar surface area (TPSA) is 163 Å². The monoisotopic (exact) mass is 844 g/mol. The Labute approximate surface area is 311 Å². The molecule has 6 rings (SSSR count). The highest BCUT2D eigenvalue weighted by atomic mass is 127. The van der Waals surface area contributed by atoms with Gasteiger partial charge in [0.1, 0.15) is 11.5 Å². The Morgan fingerprint density at radius 2 is 1.10 bits per heavy atom. The van der Waals surface area contributed by atoms with E-state index < -0.39 is 20.0 Å². The predicted molar refractivity (Wildman–Crippen MR) is 203 cm³/mol. The number of nitrogens with one attached hydrogen (secondary N) is 1. The Balaban J connectivity index is 0.000000218. The van der Waals surface area contributed by atoms with Gasteiger partial charge < -0.3 is 9.47 Å². The first kappa shape index (κ1) is 38.8. The van der Waals surface area contributed by atoms with E-state index in [0.29, 0.717) is 30.4 Å². The zero-order chi connectivity index (χ0) is 36.9. The number of hydrogen-bond acceptors (Lipinski definition) is 10. The fourth-order valence-corrected chi connectivity index (χ4v) is 6.58. The van der Waals surface area contributed by atoms with Crippen LogP contribution >= 0.6 is 22.6 Å². The van der Waals surface area contributed by atoms with Gasteiger partial charge in [-0.05, 0) is 88.9 Å². The number of aromatic nitrogens is 6. The molecule has 0 fully saturated rings. The van der Waals surface area contributed by atoms with E-state index in [4.69, 9.17) is 9.47 Å². The van der Waals surface area contributed by atoms with Gasteiger partial charge >= 0.3 is 0 Å². The molecule has 0 bridgehead atoms. The lowest BCUT2D eigenvalue weighted by Crippen LogP contribution is -2.27. The molecule has 0 saturated heterocycles. The molecule has 2 aromatic carbocycles. The van der Waals surface area contributed by atoms with Crippen molar-refractivity contribution in [1.29, 1.82) is 0 Å². The van der Waals surface area contributed by atoms with Crippen LogP contribution in [0.4, 0.5) is 11.6 Å². The number of hydrogen-bond donors (Lipinski definition) is 1. The van der Waals surface area contributed by atoms with E-state index >= 15 is 0 Å². The minimum Gasteiger partial charge on any atom is -0.497 e. The van der Waals surface area contributed by atoms with Crippen molar-refractivity contribution < 1.29 is 26.3 Å². The molecule has 0 atom stereocenters. The molecule has 0 radical (unpaired) electrons. The summed E-state index contributed by atoms with van der Waals surface area (Å²) in [6.45, 7) is 1.08. The number of sulfonamides is 2.